The standard InChI is InChI=1S/C18H16FN3O4/c19-15-11-16(20)17(22(24)25)10-14(15)8-4-5-9-21-18(23)26-12-13-6-2-1-3-7-13/h1-3,6-7,10-11H,5,9,12,20H2,(H,21,23). The number of anilines is 1. The fourth-order valence-corrected chi connectivity index (χ4v) is 1.99. The smallest absolute Gasteiger partial charge is 0.407 e. The van der Waals surface area contributed by atoms with Crippen LogP contribution in [-0.4, -0.2) is 17.6 Å². The van der Waals surface area contributed by atoms with Crippen molar-refractivity contribution in [2.45, 2.75) is 13.0 Å². The lowest BCUT2D eigenvalue weighted by Gasteiger charge is -2.05. The number of carbonyl (C=O) groups excluding carboxylic acids is 1. The number of nitro benzene ring substituents is 1. The summed E-state index contributed by atoms with van der Waals surface area (Å²) >= 11 is 0. The maximum absolute atomic E-state index is 13.7. The number of nitrogens with one attached hydrogen (secondary N) is 1. The number of halogens is 1. The lowest BCUT2D eigenvalue weighted by Crippen LogP contribution is -2.24. The Kier molecular flexibility index (Phi) is 6.51. The van der Waals surface area contributed by atoms with Gasteiger partial charge in [0.05, 0.1) is 10.5 Å². The molecule has 1 amide bonds. The minimum Gasteiger partial charge on any atom is -0.445 e. The van der Waals surface area contributed by atoms with Gasteiger partial charge in [0.2, 0.25) is 0 Å². The molecule has 26 heavy (non-hydrogen) atoms. The van der Waals surface area contributed by atoms with Crippen LogP contribution in [0.25, 0.3) is 0 Å². The molecule has 0 spiro atoms. The van der Waals surface area contributed by atoms with E-state index in [1.54, 1.807) is 0 Å². The molecule has 0 saturated carbocycles. The Morgan fingerprint density at radius 1 is 1.31 bits per heavy atom. The van der Waals surface area contributed by atoms with Crippen LogP contribution in [0.2, 0.25) is 0 Å². The fraction of sp³-hybridized carbons (Fsp3) is 0.167. The average molecular weight is 357 g/mol. The number of rotatable bonds is 5. The number of ether oxygens (including phenoxy) is 1. The van der Waals surface area contributed by atoms with E-state index >= 15 is 0 Å². The van der Waals surface area contributed by atoms with E-state index < -0.39 is 22.5 Å². The number of hydrogen-bond acceptors (Lipinski definition) is 5. The van der Waals surface area contributed by atoms with Crippen molar-refractivity contribution >= 4 is 17.5 Å². The molecule has 0 fully saturated rings. The first-order valence-electron chi connectivity index (χ1n) is 7.64. The third-order valence-electron chi connectivity index (χ3n) is 3.27. The van der Waals surface area contributed by atoms with Crippen molar-refractivity contribution in [3.05, 3.63) is 69.5 Å². The summed E-state index contributed by atoms with van der Waals surface area (Å²) in [4.78, 5) is 21.6. The number of nitrogens with zero attached hydrogens (tertiary/aromatic N) is 1. The molecule has 0 unspecified atom stereocenters. The highest BCUT2D eigenvalue weighted by Gasteiger charge is 2.15. The molecule has 0 aliphatic carbocycles. The number of nitro groups is 1. The van der Waals surface area contributed by atoms with Gasteiger partial charge in [-0.25, -0.2) is 9.18 Å². The summed E-state index contributed by atoms with van der Waals surface area (Å²) in [6.07, 6.45) is -0.372. The molecule has 0 aromatic heterocycles. The number of hydrogen-bond donors (Lipinski definition) is 2. The van der Waals surface area contributed by atoms with E-state index in [1.165, 1.54) is 0 Å². The monoisotopic (exact) mass is 357 g/mol. The Labute approximate surface area is 149 Å². The van der Waals surface area contributed by atoms with Crippen molar-refractivity contribution in [1.82, 2.24) is 5.32 Å². The van der Waals surface area contributed by atoms with Crippen LogP contribution in [0.15, 0.2) is 42.5 Å². The lowest BCUT2D eigenvalue weighted by molar-refractivity contribution is -0.384. The first-order chi connectivity index (χ1) is 12.5. The van der Waals surface area contributed by atoms with Crippen molar-refractivity contribution in [2.24, 2.45) is 0 Å². The van der Waals surface area contributed by atoms with E-state index in [9.17, 15) is 19.3 Å². The van der Waals surface area contributed by atoms with Gasteiger partial charge in [0, 0.05) is 25.1 Å². The number of benzene rings is 2. The van der Waals surface area contributed by atoms with Crippen LogP contribution in [0.5, 0.6) is 0 Å². The summed E-state index contributed by atoms with van der Waals surface area (Å²) < 4.78 is 18.7. The topological polar surface area (TPSA) is 107 Å². The molecule has 8 heteroatoms. The molecule has 0 aliphatic rings. The molecule has 7 nitrogen and oxygen atoms in total. The third-order valence-corrected chi connectivity index (χ3v) is 3.27. The molecular formula is C18H16FN3O4. The number of alkyl carbamates (subject to hydrolysis) is 1. The molecule has 0 aliphatic heterocycles. The van der Waals surface area contributed by atoms with E-state index in [0.717, 1.165) is 17.7 Å². The second-order valence-electron chi connectivity index (χ2n) is 5.19. The van der Waals surface area contributed by atoms with Gasteiger partial charge in [-0.2, -0.15) is 0 Å². The van der Waals surface area contributed by atoms with Crippen LogP contribution in [-0.2, 0) is 11.3 Å². The lowest BCUT2D eigenvalue weighted by atomic mass is 10.1. The predicted octanol–water partition coefficient (Wildman–Crippen LogP) is 2.98. The van der Waals surface area contributed by atoms with Gasteiger partial charge in [0.15, 0.2) is 0 Å². The van der Waals surface area contributed by atoms with E-state index in [0.29, 0.717) is 0 Å². The molecule has 0 atom stereocenters. The van der Waals surface area contributed by atoms with Crippen LogP contribution in [0.1, 0.15) is 17.5 Å². The molecule has 0 heterocycles. The van der Waals surface area contributed by atoms with E-state index in [1.807, 2.05) is 30.3 Å². The van der Waals surface area contributed by atoms with Gasteiger partial charge in [-0.3, -0.25) is 10.1 Å². The quantitative estimate of drug-likeness (QED) is 0.281. The highest BCUT2D eigenvalue weighted by molar-refractivity contribution is 5.67. The van der Waals surface area contributed by atoms with Crippen molar-refractivity contribution in [2.75, 3.05) is 12.3 Å². The largest absolute Gasteiger partial charge is 0.445 e. The second-order valence-corrected chi connectivity index (χ2v) is 5.19. The van der Waals surface area contributed by atoms with Crippen molar-refractivity contribution in [1.29, 1.82) is 0 Å². The minimum absolute atomic E-state index is 0.127. The van der Waals surface area contributed by atoms with Gasteiger partial charge in [-0.15, -0.1) is 0 Å². The van der Waals surface area contributed by atoms with Crippen LogP contribution in [0.3, 0.4) is 0 Å². The van der Waals surface area contributed by atoms with Crippen LogP contribution >= 0.6 is 0 Å². The van der Waals surface area contributed by atoms with Crippen LogP contribution < -0.4 is 11.1 Å². The third kappa shape index (κ3) is 5.49. The van der Waals surface area contributed by atoms with Gasteiger partial charge in [0.25, 0.3) is 5.69 Å². The first-order valence-corrected chi connectivity index (χ1v) is 7.64. The van der Waals surface area contributed by atoms with E-state index in [-0.39, 0.29) is 30.8 Å². The van der Waals surface area contributed by atoms with E-state index in [2.05, 4.69) is 17.2 Å². The molecule has 2 aromatic rings. The van der Waals surface area contributed by atoms with Crippen molar-refractivity contribution in [3.8, 4) is 11.8 Å². The number of carbonyl (C=O) groups is 1. The molecule has 0 bridgehead atoms. The zero-order valence-corrected chi connectivity index (χ0v) is 13.7. The van der Waals surface area contributed by atoms with Crippen molar-refractivity contribution in [3.63, 3.8) is 0 Å². The summed E-state index contributed by atoms with van der Waals surface area (Å²) in [6, 6.07) is 11.1. The van der Waals surface area contributed by atoms with Gasteiger partial charge >= 0.3 is 6.09 Å². The van der Waals surface area contributed by atoms with Gasteiger partial charge < -0.3 is 15.8 Å². The Morgan fingerprint density at radius 2 is 2.04 bits per heavy atom. The summed E-state index contributed by atoms with van der Waals surface area (Å²) in [5.74, 6) is 4.38. The fourth-order valence-electron chi connectivity index (χ4n) is 1.99. The first kappa shape index (κ1) is 18.7. The second kappa shape index (κ2) is 9.03. The highest BCUT2D eigenvalue weighted by Crippen LogP contribution is 2.24. The normalized spacial score (nSPS) is 9.73. The molecule has 2 rings (SSSR count). The van der Waals surface area contributed by atoms with Crippen LogP contribution in [0.4, 0.5) is 20.6 Å². The summed E-state index contributed by atoms with van der Waals surface area (Å²) in [5, 5.41) is 13.3. The minimum atomic E-state index is -0.740. The van der Waals surface area contributed by atoms with Gasteiger partial charge in [-0.1, -0.05) is 42.2 Å². The highest BCUT2D eigenvalue weighted by atomic mass is 19.1. The van der Waals surface area contributed by atoms with Crippen molar-refractivity contribution < 1.29 is 18.8 Å². The zero-order valence-electron chi connectivity index (χ0n) is 13.7. The number of nitrogen functional groups attached to an aromatic ring is 1. The average Bonchev–Trinajstić information content (AvgIpc) is 2.61. The van der Waals surface area contributed by atoms with Gasteiger partial charge in [0.1, 0.15) is 18.1 Å². The predicted molar refractivity (Wildman–Crippen MR) is 93.6 cm³/mol. The Bertz CT molecular complexity index is 860. The molecule has 134 valence electrons. The Morgan fingerprint density at radius 3 is 2.73 bits per heavy atom. The molecule has 2 aromatic carbocycles. The Hall–Kier alpha value is -3.60. The maximum Gasteiger partial charge on any atom is 0.407 e. The van der Waals surface area contributed by atoms with Crippen LogP contribution in [0, 0.1) is 27.8 Å². The molecule has 0 radical (unpaired) electrons. The van der Waals surface area contributed by atoms with E-state index in [4.69, 9.17) is 10.5 Å². The summed E-state index contributed by atoms with van der Waals surface area (Å²) in [5.41, 5.74) is 5.45. The van der Waals surface area contributed by atoms with Gasteiger partial charge in [-0.05, 0) is 5.56 Å². The Balaban J connectivity index is 1.81. The number of nitrogens with two attached hydrogens (primary N) is 1. The zero-order chi connectivity index (χ0) is 18.9. The molecule has 0 saturated heterocycles. The SMILES string of the molecule is Nc1cc(F)c(C#CCCNC(=O)OCc2ccccc2)cc1[N+](=O)[O-]. The molecule has 3 N–H and O–H groups in total. The number of amides is 1. The molecular weight excluding hydrogens is 341 g/mol. The summed E-state index contributed by atoms with van der Waals surface area (Å²) in [6.45, 7) is 0.345. The summed E-state index contributed by atoms with van der Waals surface area (Å²) in [7, 11) is 0. The maximum atomic E-state index is 13.7.